The van der Waals surface area contributed by atoms with Crippen molar-refractivity contribution < 1.29 is 14.4 Å². The van der Waals surface area contributed by atoms with Crippen molar-refractivity contribution in [3.63, 3.8) is 0 Å². The molecule has 0 radical (unpaired) electrons. The summed E-state index contributed by atoms with van der Waals surface area (Å²) in [6, 6.07) is 0. The Labute approximate surface area is 87.0 Å². The Balaban J connectivity index is 2.39. The molecule has 1 atom stereocenters. The molecule has 1 unspecified atom stereocenters. The standard InChI is InChI=1S/C9H13NO3S/c1-6(11)3-7(12)5-10-8(13)4-9(10)14-2/h9H,3-5H2,1-2H3. The van der Waals surface area contributed by atoms with Crippen LogP contribution in [0.5, 0.6) is 0 Å². The number of hydrogen-bond donors (Lipinski definition) is 0. The molecule has 0 bridgehead atoms. The van der Waals surface area contributed by atoms with E-state index in [0.29, 0.717) is 6.42 Å². The van der Waals surface area contributed by atoms with Gasteiger partial charge in [-0.25, -0.2) is 0 Å². The van der Waals surface area contributed by atoms with Crippen LogP contribution >= 0.6 is 11.8 Å². The van der Waals surface area contributed by atoms with E-state index in [4.69, 9.17) is 0 Å². The van der Waals surface area contributed by atoms with Gasteiger partial charge in [-0.2, -0.15) is 0 Å². The number of ketones is 2. The fourth-order valence-electron chi connectivity index (χ4n) is 1.35. The Hall–Kier alpha value is -0.840. The quantitative estimate of drug-likeness (QED) is 0.494. The average Bonchev–Trinajstić information content (AvgIpc) is 2.09. The molecule has 1 saturated heterocycles. The van der Waals surface area contributed by atoms with Gasteiger partial charge in [0, 0.05) is 0 Å². The van der Waals surface area contributed by atoms with Crippen molar-refractivity contribution in [2.45, 2.75) is 25.1 Å². The molecule has 0 aliphatic carbocycles. The number of thioether (sulfide) groups is 1. The molecule has 78 valence electrons. The molecule has 1 aliphatic rings. The maximum Gasteiger partial charge on any atom is 0.226 e. The number of rotatable bonds is 5. The smallest absolute Gasteiger partial charge is 0.226 e. The highest BCUT2D eigenvalue weighted by molar-refractivity contribution is 7.99. The highest BCUT2D eigenvalue weighted by atomic mass is 32.2. The van der Waals surface area contributed by atoms with Crippen LogP contribution in [0.3, 0.4) is 0 Å². The van der Waals surface area contributed by atoms with Crippen LogP contribution in [0.2, 0.25) is 0 Å². The lowest BCUT2D eigenvalue weighted by atomic mass is 10.1. The van der Waals surface area contributed by atoms with Gasteiger partial charge in [0.25, 0.3) is 0 Å². The first-order valence-corrected chi connectivity index (χ1v) is 5.66. The molecule has 0 aromatic rings. The summed E-state index contributed by atoms with van der Waals surface area (Å²) >= 11 is 1.55. The van der Waals surface area contributed by atoms with E-state index in [-0.39, 0.29) is 35.8 Å². The molecule has 14 heavy (non-hydrogen) atoms. The number of carbonyl (C=O) groups excluding carboxylic acids is 3. The van der Waals surface area contributed by atoms with E-state index < -0.39 is 0 Å². The van der Waals surface area contributed by atoms with Crippen LogP contribution in [-0.4, -0.2) is 40.5 Å². The second kappa shape index (κ2) is 4.59. The lowest BCUT2D eigenvalue weighted by Crippen LogP contribution is -2.52. The lowest BCUT2D eigenvalue weighted by molar-refractivity contribution is -0.145. The highest BCUT2D eigenvalue weighted by Gasteiger charge is 2.36. The third kappa shape index (κ3) is 2.57. The van der Waals surface area contributed by atoms with Gasteiger partial charge in [0.15, 0.2) is 5.78 Å². The molecular weight excluding hydrogens is 202 g/mol. The summed E-state index contributed by atoms with van der Waals surface area (Å²) in [5.41, 5.74) is 0. The van der Waals surface area contributed by atoms with Crippen LogP contribution < -0.4 is 0 Å². The summed E-state index contributed by atoms with van der Waals surface area (Å²) < 4.78 is 0. The average molecular weight is 215 g/mol. The summed E-state index contributed by atoms with van der Waals surface area (Å²) in [6.45, 7) is 1.46. The van der Waals surface area contributed by atoms with Gasteiger partial charge in [-0.3, -0.25) is 14.4 Å². The molecule has 1 amide bonds. The SMILES string of the molecule is CSC1CC(=O)N1CC(=O)CC(C)=O. The van der Waals surface area contributed by atoms with Gasteiger partial charge >= 0.3 is 0 Å². The van der Waals surface area contributed by atoms with Crippen LogP contribution in [0.4, 0.5) is 0 Å². The maximum absolute atomic E-state index is 11.2. The maximum atomic E-state index is 11.2. The molecule has 1 aliphatic heterocycles. The first kappa shape index (κ1) is 11.2. The van der Waals surface area contributed by atoms with Gasteiger partial charge in [0.1, 0.15) is 5.78 Å². The third-order valence-electron chi connectivity index (χ3n) is 2.08. The predicted molar refractivity (Wildman–Crippen MR) is 53.9 cm³/mol. The number of β-lactam (4-membered cyclic amide) rings is 1. The zero-order chi connectivity index (χ0) is 10.7. The van der Waals surface area contributed by atoms with E-state index in [1.807, 2.05) is 6.26 Å². The summed E-state index contributed by atoms with van der Waals surface area (Å²) in [5.74, 6) is -0.325. The number of Topliss-reactive ketones (excluding diaryl/α,β-unsaturated/α-hetero) is 2. The van der Waals surface area contributed by atoms with Crippen molar-refractivity contribution in [1.82, 2.24) is 4.90 Å². The first-order valence-electron chi connectivity index (χ1n) is 4.38. The van der Waals surface area contributed by atoms with E-state index in [9.17, 15) is 14.4 Å². The van der Waals surface area contributed by atoms with Crippen molar-refractivity contribution in [3.05, 3.63) is 0 Å². The van der Waals surface area contributed by atoms with E-state index in [2.05, 4.69) is 0 Å². The fourth-order valence-corrected chi connectivity index (χ4v) is 2.10. The van der Waals surface area contributed by atoms with Gasteiger partial charge in [0.05, 0.1) is 24.8 Å². The number of likely N-dealkylation sites (tertiary alicyclic amines) is 1. The fraction of sp³-hybridized carbons (Fsp3) is 0.667. The Morgan fingerprint density at radius 3 is 2.64 bits per heavy atom. The number of hydrogen-bond acceptors (Lipinski definition) is 4. The second-order valence-electron chi connectivity index (χ2n) is 3.33. The Kier molecular flexibility index (Phi) is 3.69. The third-order valence-corrected chi connectivity index (χ3v) is 3.05. The molecule has 0 aromatic carbocycles. The van der Waals surface area contributed by atoms with Crippen molar-refractivity contribution in [2.24, 2.45) is 0 Å². The minimum Gasteiger partial charge on any atom is -0.323 e. The van der Waals surface area contributed by atoms with Gasteiger partial charge in [-0.1, -0.05) is 0 Å². The van der Waals surface area contributed by atoms with Crippen molar-refractivity contribution in [1.29, 1.82) is 0 Å². The van der Waals surface area contributed by atoms with Gasteiger partial charge in [-0.05, 0) is 13.2 Å². The highest BCUT2D eigenvalue weighted by Crippen LogP contribution is 2.27. The minimum atomic E-state index is -0.176. The lowest BCUT2D eigenvalue weighted by Gasteiger charge is -2.38. The normalized spacial score (nSPS) is 20.6. The molecule has 0 saturated carbocycles. The molecule has 1 heterocycles. The largest absolute Gasteiger partial charge is 0.323 e. The van der Waals surface area contributed by atoms with Crippen LogP contribution in [0.15, 0.2) is 0 Å². The van der Waals surface area contributed by atoms with Crippen LogP contribution in [0.25, 0.3) is 0 Å². The molecule has 4 nitrogen and oxygen atoms in total. The molecule has 0 N–H and O–H groups in total. The van der Waals surface area contributed by atoms with E-state index in [1.165, 1.54) is 11.8 Å². The molecule has 0 spiro atoms. The Morgan fingerprint density at radius 1 is 1.57 bits per heavy atom. The van der Waals surface area contributed by atoms with E-state index >= 15 is 0 Å². The zero-order valence-corrected chi connectivity index (χ0v) is 9.10. The van der Waals surface area contributed by atoms with Gasteiger partial charge in [0.2, 0.25) is 5.91 Å². The monoisotopic (exact) mass is 215 g/mol. The van der Waals surface area contributed by atoms with Crippen molar-refractivity contribution >= 4 is 29.2 Å². The Bertz CT molecular complexity index is 277. The zero-order valence-electron chi connectivity index (χ0n) is 8.28. The second-order valence-corrected chi connectivity index (χ2v) is 4.35. The summed E-state index contributed by atoms with van der Waals surface area (Å²) in [4.78, 5) is 34.5. The molecule has 1 rings (SSSR count). The van der Waals surface area contributed by atoms with Crippen LogP contribution in [0, 0.1) is 0 Å². The molecule has 1 fully saturated rings. The van der Waals surface area contributed by atoms with Crippen molar-refractivity contribution in [2.75, 3.05) is 12.8 Å². The van der Waals surface area contributed by atoms with Gasteiger partial charge in [-0.15, -0.1) is 11.8 Å². The van der Waals surface area contributed by atoms with Gasteiger partial charge < -0.3 is 4.90 Å². The van der Waals surface area contributed by atoms with Crippen LogP contribution in [-0.2, 0) is 14.4 Å². The summed E-state index contributed by atoms with van der Waals surface area (Å²) in [6.07, 6.45) is 2.35. The minimum absolute atomic E-state index is 0.00116. The van der Waals surface area contributed by atoms with Crippen LogP contribution in [0.1, 0.15) is 19.8 Å². The number of amides is 1. The van der Waals surface area contributed by atoms with E-state index in [1.54, 1.807) is 11.8 Å². The topological polar surface area (TPSA) is 54.5 Å². The molecule has 5 heteroatoms. The molecular formula is C9H13NO3S. The summed E-state index contributed by atoms with van der Waals surface area (Å²) in [5, 5.41) is 0.124. The number of carbonyl (C=O) groups is 3. The predicted octanol–water partition coefficient (Wildman–Crippen LogP) is 0.456. The molecule has 0 aromatic heterocycles. The van der Waals surface area contributed by atoms with Crippen molar-refractivity contribution in [3.8, 4) is 0 Å². The number of nitrogens with zero attached hydrogens (tertiary/aromatic N) is 1. The van der Waals surface area contributed by atoms with E-state index in [0.717, 1.165) is 0 Å². The Morgan fingerprint density at radius 2 is 2.21 bits per heavy atom. The first-order chi connectivity index (χ1) is 6.54. The summed E-state index contributed by atoms with van der Waals surface area (Å²) in [7, 11) is 0.